The highest BCUT2D eigenvalue weighted by molar-refractivity contribution is 9.10. The van der Waals surface area contributed by atoms with Gasteiger partial charge in [-0.3, -0.25) is 4.57 Å². The average Bonchev–Trinajstić information content (AvgIpc) is 2.87. The maximum absolute atomic E-state index is 6.13. The van der Waals surface area contributed by atoms with Crippen molar-refractivity contribution in [3.8, 4) is 11.4 Å². The predicted octanol–water partition coefficient (Wildman–Crippen LogP) is 5.19. The minimum atomic E-state index is 0.302. The first-order valence-corrected chi connectivity index (χ1v) is 7.91. The summed E-state index contributed by atoms with van der Waals surface area (Å²) in [4.78, 5) is 4.57. The zero-order chi connectivity index (χ0) is 15.0. The molecule has 108 valence electrons. The largest absolute Gasteiger partial charge is 0.497 e. The molecule has 0 saturated carbocycles. The first-order chi connectivity index (χ1) is 10.1. The van der Waals surface area contributed by atoms with E-state index in [0.717, 1.165) is 32.8 Å². The molecule has 2 aromatic carbocycles. The number of imidazole rings is 1. The highest BCUT2D eigenvalue weighted by Crippen LogP contribution is 2.31. The Bertz CT molecular complexity index is 817. The SMILES string of the molecule is COc1ccc2nc(CCl)n(-c3cc(Cl)ccc3Br)c2c1. The Balaban J connectivity index is 2.36. The van der Waals surface area contributed by atoms with Crippen LogP contribution in [0.3, 0.4) is 0 Å². The Morgan fingerprint density at radius 3 is 2.76 bits per heavy atom. The van der Waals surface area contributed by atoms with Crippen LogP contribution in [0.15, 0.2) is 40.9 Å². The number of ether oxygens (including phenoxy) is 1. The number of hydrogen-bond donors (Lipinski definition) is 0. The van der Waals surface area contributed by atoms with E-state index in [-0.39, 0.29) is 0 Å². The number of benzene rings is 2. The van der Waals surface area contributed by atoms with Gasteiger partial charge in [0.1, 0.15) is 11.6 Å². The van der Waals surface area contributed by atoms with Crippen molar-refractivity contribution >= 4 is 50.2 Å². The second-order valence-corrected chi connectivity index (χ2v) is 6.01. The van der Waals surface area contributed by atoms with Crippen molar-refractivity contribution in [1.29, 1.82) is 0 Å². The lowest BCUT2D eigenvalue weighted by Crippen LogP contribution is -2.00. The number of nitrogens with zero attached hydrogens (tertiary/aromatic N) is 2. The van der Waals surface area contributed by atoms with Gasteiger partial charge in [-0.25, -0.2) is 4.98 Å². The Morgan fingerprint density at radius 2 is 2.05 bits per heavy atom. The van der Waals surface area contributed by atoms with Gasteiger partial charge in [-0.2, -0.15) is 0 Å². The third-order valence-electron chi connectivity index (χ3n) is 3.20. The van der Waals surface area contributed by atoms with Gasteiger partial charge in [0.05, 0.1) is 29.7 Å². The van der Waals surface area contributed by atoms with E-state index in [1.807, 2.05) is 41.0 Å². The Kier molecular flexibility index (Phi) is 4.11. The van der Waals surface area contributed by atoms with E-state index in [1.54, 1.807) is 7.11 Å². The molecule has 21 heavy (non-hydrogen) atoms. The van der Waals surface area contributed by atoms with Crippen molar-refractivity contribution < 1.29 is 4.74 Å². The van der Waals surface area contributed by atoms with Crippen LogP contribution in [0.4, 0.5) is 0 Å². The summed E-state index contributed by atoms with van der Waals surface area (Å²) in [7, 11) is 1.64. The van der Waals surface area contributed by atoms with Crippen LogP contribution in [-0.2, 0) is 5.88 Å². The van der Waals surface area contributed by atoms with Crippen LogP contribution in [-0.4, -0.2) is 16.7 Å². The molecule has 1 aromatic heterocycles. The van der Waals surface area contributed by atoms with Gasteiger partial charge in [-0.05, 0) is 46.3 Å². The molecule has 0 aliphatic carbocycles. The standard InChI is InChI=1S/C15H11BrCl2N2O/c1-21-10-3-5-12-14(7-10)20(15(8-17)19-12)13-6-9(18)2-4-11(13)16/h2-7H,8H2,1H3. The summed E-state index contributed by atoms with van der Waals surface area (Å²) in [5, 5.41) is 0.651. The molecule has 0 fully saturated rings. The molecule has 0 radical (unpaired) electrons. The molecule has 0 unspecified atom stereocenters. The van der Waals surface area contributed by atoms with Gasteiger partial charge in [0.2, 0.25) is 0 Å². The molecular weight excluding hydrogens is 375 g/mol. The lowest BCUT2D eigenvalue weighted by atomic mass is 10.2. The normalized spacial score (nSPS) is 11.0. The van der Waals surface area contributed by atoms with E-state index in [1.165, 1.54) is 0 Å². The zero-order valence-corrected chi connectivity index (χ0v) is 14.2. The van der Waals surface area contributed by atoms with Gasteiger partial charge < -0.3 is 4.74 Å². The fourth-order valence-corrected chi connectivity index (χ4v) is 3.02. The van der Waals surface area contributed by atoms with Crippen molar-refractivity contribution in [3.63, 3.8) is 0 Å². The van der Waals surface area contributed by atoms with Crippen LogP contribution in [0.5, 0.6) is 5.75 Å². The number of rotatable bonds is 3. The van der Waals surface area contributed by atoms with Crippen molar-refractivity contribution in [1.82, 2.24) is 9.55 Å². The van der Waals surface area contributed by atoms with Crippen molar-refractivity contribution in [2.75, 3.05) is 7.11 Å². The highest BCUT2D eigenvalue weighted by Gasteiger charge is 2.15. The van der Waals surface area contributed by atoms with Gasteiger partial charge in [-0.15, -0.1) is 11.6 Å². The molecule has 3 rings (SSSR count). The van der Waals surface area contributed by atoms with E-state index in [2.05, 4.69) is 20.9 Å². The van der Waals surface area contributed by atoms with Gasteiger partial charge in [0.15, 0.2) is 0 Å². The van der Waals surface area contributed by atoms with Gasteiger partial charge in [0, 0.05) is 15.6 Å². The van der Waals surface area contributed by atoms with E-state index in [9.17, 15) is 0 Å². The van der Waals surface area contributed by atoms with Gasteiger partial charge in [0.25, 0.3) is 0 Å². The predicted molar refractivity (Wildman–Crippen MR) is 89.9 cm³/mol. The van der Waals surface area contributed by atoms with Crippen molar-refractivity contribution in [2.45, 2.75) is 5.88 Å². The zero-order valence-electron chi connectivity index (χ0n) is 11.1. The number of aromatic nitrogens is 2. The average molecular weight is 386 g/mol. The second kappa shape index (κ2) is 5.87. The van der Waals surface area contributed by atoms with E-state index < -0.39 is 0 Å². The van der Waals surface area contributed by atoms with Crippen LogP contribution >= 0.6 is 39.1 Å². The maximum Gasteiger partial charge on any atom is 0.129 e. The summed E-state index contributed by atoms with van der Waals surface area (Å²) < 4.78 is 8.20. The monoisotopic (exact) mass is 384 g/mol. The minimum absolute atomic E-state index is 0.302. The van der Waals surface area contributed by atoms with E-state index in [0.29, 0.717) is 10.9 Å². The topological polar surface area (TPSA) is 27.1 Å². The molecule has 1 heterocycles. The van der Waals surface area contributed by atoms with Crippen molar-refractivity contribution in [3.05, 3.63) is 51.7 Å². The molecular formula is C15H11BrCl2N2O. The minimum Gasteiger partial charge on any atom is -0.497 e. The third kappa shape index (κ3) is 2.63. The van der Waals surface area contributed by atoms with Crippen LogP contribution in [0.25, 0.3) is 16.7 Å². The number of hydrogen-bond acceptors (Lipinski definition) is 2. The Morgan fingerprint density at radius 1 is 1.24 bits per heavy atom. The van der Waals surface area contributed by atoms with E-state index >= 15 is 0 Å². The fraction of sp³-hybridized carbons (Fsp3) is 0.133. The maximum atomic E-state index is 6.13. The molecule has 0 amide bonds. The summed E-state index contributed by atoms with van der Waals surface area (Å²) in [6.45, 7) is 0. The molecule has 3 nitrogen and oxygen atoms in total. The third-order valence-corrected chi connectivity index (χ3v) is 4.34. The first kappa shape index (κ1) is 14.7. The Labute approximate surface area is 140 Å². The molecule has 0 aliphatic rings. The number of fused-ring (bicyclic) bond motifs is 1. The van der Waals surface area contributed by atoms with E-state index in [4.69, 9.17) is 27.9 Å². The van der Waals surface area contributed by atoms with Crippen molar-refractivity contribution in [2.24, 2.45) is 0 Å². The fourth-order valence-electron chi connectivity index (χ4n) is 2.25. The van der Waals surface area contributed by atoms with Crippen LogP contribution in [0.2, 0.25) is 5.02 Å². The summed E-state index contributed by atoms with van der Waals surface area (Å²) in [5.74, 6) is 1.82. The van der Waals surface area contributed by atoms with Crippen LogP contribution in [0, 0.1) is 0 Å². The first-order valence-electron chi connectivity index (χ1n) is 6.21. The summed E-state index contributed by atoms with van der Waals surface area (Å²) >= 11 is 15.7. The molecule has 3 aromatic rings. The molecule has 6 heteroatoms. The number of methoxy groups -OCH3 is 1. The summed E-state index contributed by atoms with van der Waals surface area (Å²) in [5.41, 5.74) is 2.68. The summed E-state index contributed by atoms with van der Waals surface area (Å²) in [6.07, 6.45) is 0. The quantitative estimate of drug-likeness (QED) is 0.580. The molecule has 0 saturated heterocycles. The lowest BCUT2D eigenvalue weighted by molar-refractivity contribution is 0.415. The van der Waals surface area contributed by atoms with Crippen LogP contribution < -0.4 is 4.74 Å². The second-order valence-electron chi connectivity index (χ2n) is 4.45. The van der Waals surface area contributed by atoms with Crippen LogP contribution in [0.1, 0.15) is 5.82 Å². The lowest BCUT2D eigenvalue weighted by Gasteiger charge is -2.11. The molecule has 0 aliphatic heterocycles. The Hall–Kier alpha value is -1.23. The van der Waals surface area contributed by atoms with Gasteiger partial charge in [-0.1, -0.05) is 11.6 Å². The smallest absolute Gasteiger partial charge is 0.129 e. The highest BCUT2D eigenvalue weighted by atomic mass is 79.9. The molecule has 0 atom stereocenters. The van der Waals surface area contributed by atoms with Gasteiger partial charge >= 0.3 is 0 Å². The molecule has 0 spiro atoms. The summed E-state index contributed by atoms with van der Waals surface area (Å²) in [6, 6.07) is 11.3. The molecule has 0 bridgehead atoms. The number of alkyl halides is 1. The molecule has 0 N–H and O–H groups in total. The number of halogens is 3.